The molecule has 0 bridgehead atoms. The Morgan fingerprint density at radius 2 is 2.47 bits per heavy atom. The summed E-state index contributed by atoms with van der Waals surface area (Å²) < 4.78 is 0. The van der Waals surface area contributed by atoms with Crippen LogP contribution in [0.1, 0.15) is 29.5 Å². The van der Waals surface area contributed by atoms with E-state index < -0.39 is 0 Å². The maximum Gasteiger partial charge on any atom is 0.238 e. The third-order valence-electron chi connectivity index (χ3n) is 3.01. The van der Waals surface area contributed by atoms with E-state index in [0.717, 1.165) is 16.6 Å². The van der Waals surface area contributed by atoms with Crippen LogP contribution in [0.5, 0.6) is 0 Å². The van der Waals surface area contributed by atoms with Gasteiger partial charge in [-0.15, -0.1) is 23.1 Å². The van der Waals surface area contributed by atoms with Gasteiger partial charge in [0.25, 0.3) is 0 Å². The smallest absolute Gasteiger partial charge is 0.238 e. The first kappa shape index (κ1) is 11.5. The Bertz CT molecular complexity index is 411. The molecule has 4 nitrogen and oxygen atoms in total. The fourth-order valence-corrected chi connectivity index (χ4v) is 3.58. The second-order valence-corrected chi connectivity index (χ2v) is 6.40. The highest BCUT2D eigenvalue weighted by atomic mass is 32.2. The quantitative estimate of drug-likeness (QED) is 0.865. The number of rotatable bonds is 4. The number of thiazole rings is 1. The Morgan fingerprint density at radius 3 is 3.18 bits per heavy atom. The van der Waals surface area contributed by atoms with E-state index >= 15 is 0 Å². The first-order chi connectivity index (χ1) is 8.33. The van der Waals surface area contributed by atoms with E-state index in [1.807, 2.05) is 0 Å². The monoisotopic (exact) mass is 269 g/mol. The van der Waals surface area contributed by atoms with Crippen LogP contribution in [0, 0.1) is 0 Å². The Hall–Kier alpha value is -0.590. The van der Waals surface area contributed by atoms with Crippen LogP contribution in [0.15, 0.2) is 5.38 Å². The van der Waals surface area contributed by atoms with Gasteiger partial charge in [0, 0.05) is 22.9 Å². The van der Waals surface area contributed by atoms with Crippen LogP contribution in [-0.4, -0.2) is 28.6 Å². The van der Waals surface area contributed by atoms with E-state index in [1.165, 1.54) is 18.5 Å². The molecule has 2 N–H and O–H groups in total. The summed E-state index contributed by atoms with van der Waals surface area (Å²) in [6, 6.07) is -0.0251. The van der Waals surface area contributed by atoms with Crippen LogP contribution in [0.3, 0.4) is 0 Å². The zero-order valence-corrected chi connectivity index (χ0v) is 11.1. The number of hydrogen-bond acceptors (Lipinski definition) is 5. The molecule has 17 heavy (non-hydrogen) atoms. The summed E-state index contributed by atoms with van der Waals surface area (Å²) in [4.78, 5) is 16.3. The summed E-state index contributed by atoms with van der Waals surface area (Å²) >= 11 is 3.41. The minimum atomic E-state index is -0.0251. The van der Waals surface area contributed by atoms with Crippen LogP contribution < -0.4 is 10.6 Å². The maximum atomic E-state index is 11.8. The first-order valence-electron chi connectivity index (χ1n) is 5.86. The van der Waals surface area contributed by atoms with Crippen molar-refractivity contribution in [2.45, 2.75) is 31.3 Å². The summed E-state index contributed by atoms with van der Waals surface area (Å²) in [5, 5.41) is 9.25. The van der Waals surface area contributed by atoms with Gasteiger partial charge in [0.1, 0.15) is 5.01 Å². The molecule has 1 saturated carbocycles. The third kappa shape index (κ3) is 2.81. The lowest BCUT2D eigenvalue weighted by Crippen LogP contribution is -2.41. The van der Waals surface area contributed by atoms with Crippen LogP contribution in [0.2, 0.25) is 0 Å². The summed E-state index contributed by atoms with van der Waals surface area (Å²) in [6.45, 7) is 0.569. The lowest BCUT2D eigenvalue weighted by Gasteiger charge is -2.08. The molecule has 1 aromatic heterocycles. The summed E-state index contributed by atoms with van der Waals surface area (Å²) in [5.41, 5.74) is 1.22. The Kier molecular flexibility index (Phi) is 3.35. The van der Waals surface area contributed by atoms with Crippen molar-refractivity contribution in [3.8, 4) is 0 Å². The average molecular weight is 269 g/mol. The fraction of sp³-hybridized carbons (Fsp3) is 0.636. The zero-order chi connectivity index (χ0) is 11.7. The third-order valence-corrected chi connectivity index (χ3v) is 4.82. The highest BCUT2D eigenvalue weighted by Crippen LogP contribution is 2.40. The molecule has 0 spiro atoms. The van der Waals surface area contributed by atoms with Crippen LogP contribution in [0.4, 0.5) is 0 Å². The zero-order valence-electron chi connectivity index (χ0n) is 9.44. The largest absolute Gasteiger partial charge is 0.348 e. The van der Waals surface area contributed by atoms with Gasteiger partial charge in [-0.1, -0.05) is 0 Å². The molecule has 0 radical (unpaired) electrons. The van der Waals surface area contributed by atoms with Crippen molar-refractivity contribution in [2.75, 3.05) is 11.6 Å². The molecule has 3 rings (SSSR count). The molecule has 1 aliphatic carbocycles. The summed E-state index contributed by atoms with van der Waals surface area (Å²) in [6.07, 6.45) is 2.55. The lowest BCUT2D eigenvalue weighted by molar-refractivity contribution is -0.122. The molecule has 1 atom stereocenters. The van der Waals surface area contributed by atoms with Crippen molar-refractivity contribution >= 4 is 29.0 Å². The molecule has 2 heterocycles. The molecule has 92 valence electrons. The van der Waals surface area contributed by atoms with E-state index in [0.29, 0.717) is 12.5 Å². The van der Waals surface area contributed by atoms with Crippen LogP contribution in [0.25, 0.3) is 0 Å². The van der Waals surface area contributed by atoms with Crippen molar-refractivity contribution in [1.82, 2.24) is 15.6 Å². The number of carbonyl (C=O) groups excluding carboxylic acids is 1. The van der Waals surface area contributed by atoms with E-state index in [2.05, 4.69) is 21.0 Å². The number of carbonyl (C=O) groups is 1. The van der Waals surface area contributed by atoms with Crippen molar-refractivity contribution < 1.29 is 4.79 Å². The highest BCUT2D eigenvalue weighted by Gasteiger charge is 2.26. The number of nitrogens with one attached hydrogen (secondary N) is 2. The van der Waals surface area contributed by atoms with Crippen molar-refractivity contribution in [3.63, 3.8) is 0 Å². The predicted molar refractivity (Wildman–Crippen MR) is 70.2 cm³/mol. The number of nitrogens with zero attached hydrogens (tertiary/aromatic N) is 1. The van der Waals surface area contributed by atoms with Crippen molar-refractivity contribution in [1.29, 1.82) is 0 Å². The lowest BCUT2D eigenvalue weighted by atomic mass is 10.3. The Morgan fingerprint density at radius 1 is 1.59 bits per heavy atom. The van der Waals surface area contributed by atoms with Gasteiger partial charge < -0.3 is 5.32 Å². The predicted octanol–water partition coefficient (Wildman–Crippen LogP) is 1.30. The summed E-state index contributed by atoms with van der Waals surface area (Å²) in [7, 11) is 0. The van der Waals surface area contributed by atoms with E-state index in [-0.39, 0.29) is 11.9 Å². The second kappa shape index (κ2) is 4.96. The van der Waals surface area contributed by atoms with Gasteiger partial charge in [-0.25, -0.2) is 4.98 Å². The molecule has 1 amide bonds. The van der Waals surface area contributed by atoms with Gasteiger partial charge in [0.2, 0.25) is 5.91 Å². The van der Waals surface area contributed by atoms with Gasteiger partial charge in [-0.05, 0) is 12.8 Å². The van der Waals surface area contributed by atoms with Gasteiger partial charge in [0.15, 0.2) is 0 Å². The molecule has 1 saturated heterocycles. The van der Waals surface area contributed by atoms with E-state index in [1.54, 1.807) is 23.1 Å². The average Bonchev–Trinajstić information content (AvgIpc) is 2.88. The number of hydrogen-bond donors (Lipinski definition) is 2. The minimum absolute atomic E-state index is 0.0251. The standard InChI is InChI=1S/C11H15N3OS2/c15-11(9-4-16-6-13-9)12-3-10-14-8(5-17-10)7-1-2-7/h5,7,9,13H,1-4,6H2,(H,12,15). The molecule has 1 aliphatic heterocycles. The first-order valence-corrected chi connectivity index (χ1v) is 7.89. The Labute approximate surface area is 109 Å². The van der Waals surface area contributed by atoms with Crippen LogP contribution >= 0.6 is 23.1 Å². The second-order valence-electron chi connectivity index (χ2n) is 4.43. The number of thioether (sulfide) groups is 1. The molecule has 0 aromatic carbocycles. The molecule has 1 unspecified atom stereocenters. The SMILES string of the molecule is O=C(NCc1nc(C2CC2)cs1)C1CSCN1. The van der Waals surface area contributed by atoms with Crippen LogP contribution in [-0.2, 0) is 11.3 Å². The van der Waals surface area contributed by atoms with Gasteiger partial charge >= 0.3 is 0 Å². The van der Waals surface area contributed by atoms with Gasteiger partial charge in [-0.2, -0.15) is 0 Å². The Balaban J connectivity index is 1.50. The number of aromatic nitrogens is 1. The number of amides is 1. The molecule has 2 fully saturated rings. The van der Waals surface area contributed by atoms with Gasteiger partial charge in [-0.3, -0.25) is 10.1 Å². The van der Waals surface area contributed by atoms with Gasteiger partial charge in [0.05, 0.1) is 18.3 Å². The summed E-state index contributed by atoms with van der Waals surface area (Å²) in [5.74, 6) is 2.54. The highest BCUT2D eigenvalue weighted by molar-refractivity contribution is 7.99. The molecule has 2 aliphatic rings. The van der Waals surface area contributed by atoms with Crippen molar-refractivity contribution in [2.24, 2.45) is 0 Å². The van der Waals surface area contributed by atoms with E-state index in [9.17, 15) is 4.79 Å². The normalized spacial score (nSPS) is 23.9. The molecule has 1 aromatic rings. The fourth-order valence-electron chi connectivity index (χ4n) is 1.82. The molecule has 6 heteroatoms. The molecular weight excluding hydrogens is 254 g/mol. The minimum Gasteiger partial charge on any atom is -0.348 e. The maximum absolute atomic E-state index is 11.8. The molecular formula is C11H15N3OS2. The topological polar surface area (TPSA) is 54.0 Å². The van der Waals surface area contributed by atoms with E-state index in [4.69, 9.17) is 0 Å². The van der Waals surface area contributed by atoms with Crippen molar-refractivity contribution in [3.05, 3.63) is 16.1 Å².